The molecule has 0 aliphatic carbocycles. The molecule has 4 aromatic rings. The quantitative estimate of drug-likeness (QED) is 0.325. The zero-order chi connectivity index (χ0) is 25.1. The van der Waals surface area contributed by atoms with E-state index in [9.17, 15) is 19.8 Å². The minimum atomic E-state index is -0.389. The van der Waals surface area contributed by atoms with Gasteiger partial charge in [-0.2, -0.15) is 0 Å². The first-order valence-electron chi connectivity index (χ1n) is 11.6. The average molecular weight is 484 g/mol. The van der Waals surface area contributed by atoms with Gasteiger partial charge in [-0.1, -0.05) is 42.5 Å². The van der Waals surface area contributed by atoms with Crippen LogP contribution in [0.3, 0.4) is 0 Å². The summed E-state index contributed by atoms with van der Waals surface area (Å²) < 4.78 is 5.87. The number of benzene rings is 3. The van der Waals surface area contributed by atoms with Crippen LogP contribution in [0.25, 0.3) is 0 Å². The molecule has 0 atom stereocenters. The lowest BCUT2D eigenvalue weighted by atomic mass is 9.97. The van der Waals surface area contributed by atoms with E-state index in [1.54, 1.807) is 17.2 Å². The summed E-state index contributed by atoms with van der Waals surface area (Å²) in [6.07, 6.45) is 2.24. The van der Waals surface area contributed by atoms with Gasteiger partial charge in [-0.15, -0.1) is 0 Å². The number of aromatic nitrogens is 1. The second kappa shape index (κ2) is 9.87. The van der Waals surface area contributed by atoms with Gasteiger partial charge < -0.3 is 30.2 Å². The van der Waals surface area contributed by atoms with Crippen molar-refractivity contribution in [2.24, 2.45) is 0 Å². The number of H-pyrrole nitrogens is 1. The standard InChI is InChI=1S/C28H25N3O5/c32-21-13-24(33)27(25(14-21)36-17-18-5-2-1-3-6-18)28(35)31-12-11-19-7-4-8-23(22(19)16-31)30-20-9-10-26(34)29-15-20/h1-10,13-15,30,32-33H,11-12,16-17H2,(H,29,34). The number of carbonyl (C=O) groups is 1. The van der Waals surface area contributed by atoms with Crippen molar-refractivity contribution in [3.63, 3.8) is 0 Å². The molecule has 1 aliphatic heterocycles. The summed E-state index contributed by atoms with van der Waals surface area (Å²) in [7, 11) is 0. The first kappa shape index (κ1) is 23.0. The van der Waals surface area contributed by atoms with E-state index in [0.717, 1.165) is 34.1 Å². The number of carbonyl (C=O) groups excluding carboxylic acids is 1. The summed E-state index contributed by atoms with van der Waals surface area (Å²) in [6.45, 7) is 0.964. The van der Waals surface area contributed by atoms with E-state index in [-0.39, 0.29) is 40.9 Å². The van der Waals surface area contributed by atoms with Crippen LogP contribution in [0.1, 0.15) is 27.0 Å². The number of ether oxygens (including phenoxy) is 1. The van der Waals surface area contributed by atoms with Gasteiger partial charge in [0.15, 0.2) is 0 Å². The highest BCUT2D eigenvalue weighted by Gasteiger charge is 2.28. The molecule has 8 nitrogen and oxygen atoms in total. The van der Waals surface area contributed by atoms with Crippen LogP contribution in [0.5, 0.6) is 17.2 Å². The SMILES string of the molecule is O=C(c1c(O)cc(O)cc1OCc1ccccc1)N1CCc2cccc(Nc3ccc(=O)[nH]c3)c2C1. The molecule has 8 heteroatoms. The lowest BCUT2D eigenvalue weighted by molar-refractivity contribution is 0.0727. The summed E-state index contributed by atoms with van der Waals surface area (Å²) in [5, 5.41) is 24.0. The fraction of sp³-hybridized carbons (Fsp3) is 0.143. The van der Waals surface area contributed by atoms with Crippen molar-refractivity contribution in [2.45, 2.75) is 19.6 Å². The summed E-state index contributed by atoms with van der Waals surface area (Å²) in [4.78, 5) is 29.3. The number of hydrogen-bond acceptors (Lipinski definition) is 6. The molecule has 3 aromatic carbocycles. The van der Waals surface area contributed by atoms with Gasteiger partial charge in [0.05, 0.1) is 5.69 Å². The predicted octanol–water partition coefficient (Wildman–Crippen LogP) is 4.31. The maximum absolute atomic E-state index is 13.6. The van der Waals surface area contributed by atoms with E-state index >= 15 is 0 Å². The molecule has 0 fully saturated rings. The Morgan fingerprint density at radius 2 is 1.86 bits per heavy atom. The lowest BCUT2D eigenvalue weighted by Gasteiger charge is -2.31. The van der Waals surface area contributed by atoms with Crippen LogP contribution in [0.2, 0.25) is 0 Å². The Morgan fingerprint density at radius 3 is 2.64 bits per heavy atom. The van der Waals surface area contributed by atoms with Gasteiger partial charge in [0.1, 0.15) is 29.4 Å². The predicted molar refractivity (Wildman–Crippen MR) is 136 cm³/mol. The molecule has 0 unspecified atom stereocenters. The molecular weight excluding hydrogens is 458 g/mol. The van der Waals surface area contributed by atoms with Gasteiger partial charge in [-0.05, 0) is 35.2 Å². The number of phenolic OH excluding ortho intramolecular Hbond substituents is 2. The molecule has 4 N–H and O–H groups in total. The Kier molecular flexibility index (Phi) is 6.32. The van der Waals surface area contributed by atoms with Crippen LogP contribution in [0, 0.1) is 0 Å². The van der Waals surface area contributed by atoms with Gasteiger partial charge >= 0.3 is 0 Å². The van der Waals surface area contributed by atoms with Crippen molar-refractivity contribution < 1.29 is 19.7 Å². The number of nitrogens with one attached hydrogen (secondary N) is 2. The van der Waals surface area contributed by atoms with E-state index in [0.29, 0.717) is 19.5 Å². The fourth-order valence-electron chi connectivity index (χ4n) is 4.32. The molecule has 182 valence electrons. The number of pyridine rings is 1. The van der Waals surface area contributed by atoms with Gasteiger partial charge in [-0.25, -0.2) is 0 Å². The van der Waals surface area contributed by atoms with Crippen LogP contribution in [-0.2, 0) is 19.6 Å². The molecule has 0 bridgehead atoms. The largest absolute Gasteiger partial charge is 0.508 e. The molecule has 5 rings (SSSR count). The number of fused-ring (bicyclic) bond motifs is 1. The van der Waals surface area contributed by atoms with Crippen molar-refractivity contribution in [1.82, 2.24) is 9.88 Å². The Bertz CT molecular complexity index is 1450. The monoisotopic (exact) mass is 483 g/mol. The third-order valence-electron chi connectivity index (χ3n) is 6.14. The second-order valence-corrected chi connectivity index (χ2v) is 8.60. The number of nitrogens with zero attached hydrogens (tertiary/aromatic N) is 1. The van der Waals surface area contributed by atoms with Crippen LogP contribution < -0.4 is 15.6 Å². The molecule has 2 heterocycles. The molecule has 0 saturated heterocycles. The van der Waals surface area contributed by atoms with Gasteiger partial charge in [0.2, 0.25) is 5.56 Å². The van der Waals surface area contributed by atoms with Crippen LogP contribution in [-0.4, -0.2) is 32.5 Å². The normalized spacial score (nSPS) is 12.6. The lowest BCUT2D eigenvalue weighted by Crippen LogP contribution is -2.36. The highest BCUT2D eigenvalue weighted by atomic mass is 16.5. The third-order valence-corrected chi connectivity index (χ3v) is 6.14. The molecule has 0 saturated carbocycles. The molecule has 0 radical (unpaired) electrons. The smallest absolute Gasteiger partial charge is 0.261 e. The number of amides is 1. The molecule has 1 aromatic heterocycles. The molecular formula is C28H25N3O5. The van der Waals surface area contributed by atoms with Crippen molar-refractivity contribution in [1.29, 1.82) is 0 Å². The highest BCUT2D eigenvalue weighted by molar-refractivity contribution is 6.00. The first-order chi connectivity index (χ1) is 17.5. The molecule has 1 aliphatic rings. The maximum atomic E-state index is 13.6. The Labute approximate surface area is 207 Å². The van der Waals surface area contributed by atoms with E-state index in [1.165, 1.54) is 12.1 Å². The van der Waals surface area contributed by atoms with Crippen LogP contribution in [0.15, 0.2) is 83.8 Å². The minimum Gasteiger partial charge on any atom is -0.508 e. The topological polar surface area (TPSA) is 115 Å². The third kappa shape index (κ3) is 4.88. The Hall–Kier alpha value is -4.72. The van der Waals surface area contributed by atoms with E-state index in [1.807, 2.05) is 48.5 Å². The van der Waals surface area contributed by atoms with Gasteiger partial charge in [0.25, 0.3) is 5.91 Å². The highest BCUT2D eigenvalue weighted by Crippen LogP contribution is 2.36. The van der Waals surface area contributed by atoms with Gasteiger partial charge in [0, 0.05) is 43.2 Å². The van der Waals surface area contributed by atoms with Crippen molar-refractivity contribution in [3.8, 4) is 17.2 Å². The Morgan fingerprint density at radius 1 is 1.03 bits per heavy atom. The van der Waals surface area contributed by atoms with E-state index in [4.69, 9.17) is 4.74 Å². The van der Waals surface area contributed by atoms with Crippen LogP contribution in [0.4, 0.5) is 11.4 Å². The van der Waals surface area contributed by atoms with Crippen LogP contribution >= 0.6 is 0 Å². The Balaban J connectivity index is 1.41. The summed E-state index contributed by atoms with van der Waals surface area (Å²) in [6, 6.07) is 21.0. The molecule has 1 amide bonds. The molecule has 0 spiro atoms. The van der Waals surface area contributed by atoms with E-state index < -0.39 is 0 Å². The summed E-state index contributed by atoms with van der Waals surface area (Å²) >= 11 is 0. The number of hydrogen-bond donors (Lipinski definition) is 4. The number of aromatic amines is 1. The number of rotatable bonds is 6. The average Bonchev–Trinajstić information content (AvgIpc) is 2.89. The zero-order valence-corrected chi connectivity index (χ0v) is 19.4. The summed E-state index contributed by atoms with van der Waals surface area (Å²) in [5.41, 5.74) is 4.33. The number of phenols is 2. The van der Waals surface area contributed by atoms with Crippen molar-refractivity contribution >= 4 is 17.3 Å². The number of aromatic hydroxyl groups is 2. The second-order valence-electron chi connectivity index (χ2n) is 8.60. The maximum Gasteiger partial charge on any atom is 0.261 e. The van der Waals surface area contributed by atoms with Crippen molar-refractivity contribution in [3.05, 3.63) is 112 Å². The van der Waals surface area contributed by atoms with E-state index in [2.05, 4.69) is 10.3 Å². The van der Waals surface area contributed by atoms with Gasteiger partial charge in [-0.3, -0.25) is 9.59 Å². The number of anilines is 2. The minimum absolute atomic E-state index is 0.0123. The molecule has 36 heavy (non-hydrogen) atoms. The first-order valence-corrected chi connectivity index (χ1v) is 11.6. The van der Waals surface area contributed by atoms with Crippen molar-refractivity contribution in [2.75, 3.05) is 11.9 Å². The fourth-order valence-corrected chi connectivity index (χ4v) is 4.32. The zero-order valence-electron chi connectivity index (χ0n) is 19.4. The summed E-state index contributed by atoms with van der Waals surface area (Å²) in [5.74, 6) is -0.802.